The number of hydrazone groups is 1. The van der Waals surface area contributed by atoms with Crippen LogP contribution >= 0.6 is 35.4 Å². The summed E-state index contributed by atoms with van der Waals surface area (Å²) in [7, 11) is -3.54. The Bertz CT molecular complexity index is 645. The van der Waals surface area contributed by atoms with E-state index < -0.39 is 9.84 Å². The van der Waals surface area contributed by atoms with Crippen LogP contribution < -0.4 is 11.2 Å². The molecule has 20 heavy (non-hydrogen) atoms. The molecule has 0 spiro atoms. The standard InChI is InChI=1S/C11H13Cl2N3O2S2/c1-7(15-16-11(14)19)4-5-20(17,18)10-6-8(12)2-3-9(10)13/h2-3,6H,4-5H2,1H3,(H3,14,16,19). The molecule has 0 aliphatic carbocycles. The van der Waals surface area contributed by atoms with E-state index in [1.165, 1.54) is 18.2 Å². The first kappa shape index (κ1) is 17.2. The number of nitrogens with zero attached hydrogens (tertiary/aromatic N) is 1. The Morgan fingerprint density at radius 2 is 2.10 bits per heavy atom. The van der Waals surface area contributed by atoms with Crippen LogP contribution in [0.4, 0.5) is 0 Å². The molecule has 0 unspecified atom stereocenters. The van der Waals surface area contributed by atoms with Crippen LogP contribution in [-0.4, -0.2) is 25.0 Å². The predicted molar refractivity (Wildman–Crippen MR) is 86.2 cm³/mol. The van der Waals surface area contributed by atoms with E-state index in [0.717, 1.165) is 0 Å². The summed E-state index contributed by atoms with van der Waals surface area (Å²) >= 11 is 16.3. The van der Waals surface area contributed by atoms with E-state index in [2.05, 4.69) is 22.7 Å². The van der Waals surface area contributed by atoms with Crippen LogP contribution in [0.15, 0.2) is 28.2 Å². The second-order valence-corrected chi connectivity index (χ2v) is 7.33. The number of thiocarbonyl (C=S) groups is 1. The third kappa shape index (κ3) is 5.24. The van der Waals surface area contributed by atoms with Gasteiger partial charge in [0, 0.05) is 17.2 Å². The van der Waals surface area contributed by atoms with Crippen molar-refractivity contribution in [2.75, 3.05) is 5.75 Å². The number of nitrogens with one attached hydrogen (secondary N) is 1. The van der Waals surface area contributed by atoms with E-state index in [1.54, 1.807) is 6.92 Å². The number of halogens is 2. The van der Waals surface area contributed by atoms with Gasteiger partial charge in [-0.05, 0) is 37.3 Å². The zero-order valence-corrected chi connectivity index (χ0v) is 13.7. The third-order valence-electron chi connectivity index (χ3n) is 2.32. The van der Waals surface area contributed by atoms with Crippen LogP contribution in [0.3, 0.4) is 0 Å². The monoisotopic (exact) mass is 353 g/mol. The largest absolute Gasteiger partial charge is 0.375 e. The molecule has 0 aromatic heterocycles. The zero-order chi connectivity index (χ0) is 15.3. The van der Waals surface area contributed by atoms with Crippen LogP contribution in [0, 0.1) is 0 Å². The van der Waals surface area contributed by atoms with E-state index in [4.69, 9.17) is 28.9 Å². The lowest BCUT2D eigenvalue weighted by atomic mass is 10.3. The first-order valence-electron chi connectivity index (χ1n) is 5.49. The summed E-state index contributed by atoms with van der Waals surface area (Å²) in [6.45, 7) is 1.67. The fourth-order valence-corrected chi connectivity index (χ4v) is 3.52. The average molecular weight is 354 g/mol. The highest BCUT2D eigenvalue weighted by Crippen LogP contribution is 2.26. The molecule has 0 aliphatic heterocycles. The molecule has 1 aromatic rings. The Labute approximate surface area is 133 Å². The minimum atomic E-state index is -3.54. The summed E-state index contributed by atoms with van der Waals surface area (Å²) in [5.41, 5.74) is 8.17. The van der Waals surface area contributed by atoms with Gasteiger partial charge in [-0.3, -0.25) is 5.43 Å². The van der Waals surface area contributed by atoms with Crippen molar-refractivity contribution in [3.05, 3.63) is 28.2 Å². The maximum Gasteiger partial charge on any atom is 0.184 e. The summed E-state index contributed by atoms with van der Waals surface area (Å²) in [4.78, 5) is 0.0155. The second kappa shape index (κ2) is 7.21. The van der Waals surface area contributed by atoms with Crippen molar-refractivity contribution in [1.29, 1.82) is 0 Å². The molecule has 0 heterocycles. The van der Waals surface area contributed by atoms with Crippen LogP contribution in [0.5, 0.6) is 0 Å². The number of benzene rings is 1. The second-order valence-electron chi connectivity index (χ2n) is 3.97. The SMILES string of the molecule is CC(CCS(=O)(=O)c1cc(Cl)ccc1Cl)=NNC(N)=S. The first-order valence-corrected chi connectivity index (χ1v) is 8.30. The minimum absolute atomic E-state index is 0.0155. The molecule has 0 fully saturated rings. The van der Waals surface area contributed by atoms with Gasteiger partial charge in [0.2, 0.25) is 0 Å². The van der Waals surface area contributed by atoms with Gasteiger partial charge in [-0.2, -0.15) is 5.10 Å². The van der Waals surface area contributed by atoms with Gasteiger partial charge in [0.1, 0.15) is 0 Å². The van der Waals surface area contributed by atoms with Gasteiger partial charge < -0.3 is 5.73 Å². The molecule has 0 amide bonds. The smallest absolute Gasteiger partial charge is 0.184 e. The van der Waals surface area contributed by atoms with Crippen molar-refractivity contribution in [3.8, 4) is 0 Å². The molecular formula is C11H13Cl2N3O2S2. The lowest BCUT2D eigenvalue weighted by molar-refractivity contribution is 0.596. The van der Waals surface area contributed by atoms with Gasteiger partial charge in [0.15, 0.2) is 14.9 Å². The number of nitrogens with two attached hydrogens (primary N) is 1. The number of hydrogen-bond donors (Lipinski definition) is 2. The molecular weight excluding hydrogens is 341 g/mol. The summed E-state index contributed by atoms with van der Waals surface area (Å²) < 4.78 is 24.4. The highest BCUT2D eigenvalue weighted by atomic mass is 35.5. The first-order chi connectivity index (χ1) is 9.22. The fourth-order valence-electron chi connectivity index (χ4n) is 1.31. The van der Waals surface area contributed by atoms with Crippen molar-refractivity contribution in [1.82, 2.24) is 5.43 Å². The van der Waals surface area contributed by atoms with E-state index in [9.17, 15) is 8.42 Å². The van der Waals surface area contributed by atoms with E-state index in [0.29, 0.717) is 10.7 Å². The van der Waals surface area contributed by atoms with Crippen LogP contribution in [0.2, 0.25) is 10.0 Å². The maximum absolute atomic E-state index is 12.2. The van der Waals surface area contributed by atoms with Crippen molar-refractivity contribution < 1.29 is 8.42 Å². The Hall–Kier alpha value is -0.890. The summed E-state index contributed by atoms with van der Waals surface area (Å²) in [6, 6.07) is 4.31. The van der Waals surface area contributed by atoms with Gasteiger partial charge >= 0.3 is 0 Å². The molecule has 0 bridgehead atoms. The highest BCUT2D eigenvalue weighted by molar-refractivity contribution is 7.91. The molecule has 0 aliphatic rings. The normalized spacial score (nSPS) is 12.2. The van der Waals surface area contributed by atoms with Crippen molar-refractivity contribution in [2.24, 2.45) is 10.8 Å². The summed E-state index contributed by atoms with van der Waals surface area (Å²) in [5, 5.41) is 4.31. The molecule has 0 atom stereocenters. The molecule has 0 saturated heterocycles. The van der Waals surface area contributed by atoms with E-state index in [1.807, 2.05) is 0 Å². The Kier molecular flexibility index (Phi) is 6.19. The van der Waals surface area contributed by atoms with E-state index >= 15 is 0 Å². The van der Waals surface area contributed by atoms with Crippen molar-refractivity contribution in [2.45, 2.75) is 18.2 Å². The molecule has 0 radical (unpaired) electrons. The topological polar surface area (TPSA) is 84.5 Å². The van der Waals surface area contributed by atoms with Crippen LogP contribution in [0.25, 0.3) is 0 Å². The van der Waals surface area contributed by atoms with Crippen LogP contribution in [-0.2, 0) is 9.84 Å². The van der Waals surface area contributed by atoms with Gasteiger partial charge in [-0.25, -0.2) is 8.42 Å². The highest BCUT2D eigenvalue weighted by Gasteiger charge is 2.18. The lowest BCUT2D eigenvalue weighted by Crippen LogP contribution is -2.25. The van der Waals surface area contributed by atoms with Crippen molar-refractivity contribution >= 4 is 56.1 Å². The third-order valence-corrected chi connectivity index (χ3v) is 4.84. The van der Waals surface area contributed by atoms with Gasteiger partial charge in [0.05, 0.1) is 15.7 Å². The Morgan fingerprint density at radius 3 is 2.70 bits per heavy atom. The predicted octanol–water partition coefficient (Wildman–Crippen LogP) is 2.37. The Balaban J connectivity index is 2.83. The summed E-state index contributed by atoms with van der Waals surface area (Å²) in [6.07, 6.45) is 0.223. The number of hydrogen-bond acceptors (Lipinski definition) is 4. The Morgan fingerprint density at radius 1 is 1.45 bits per heavy atom. The maximum atomic E-state index is 12.2. The molecule has 9 heteroatoms. The quantitative estimate of drug-likeness (QED) is 0.482. The molecule has 1 rings (SSSR count). The average Bonchev–Trinajstić information content (AvgIpc) is 2.36. The molecule has 0 saturated carbocycles. The zero-order valence-electron chi connectivity index (χ0n) is 10.6. The summed E-state index contributed by atoms with van der Waals surface area (Å²) in [5.74, 6) is -0.137. The molecule has 110 valence electrons. The number of sulfone groups is 1. The fraction of sp³-hybridized carbons (Fsp3) is 0.273. The van der Waals surface area contributed by atoms with Gasteiger partial charge in [-0.15, -0.1) is 0 Å². The molecule has 3 N–H and O–H groups in total. The molecule has 1 aromatic carbocycles. The van der Waals surface area contributed by atoms with Crippen molar-refractivity contribution in [3.63, 3.8) is 0 Å². The van der Waals surface area contributed by atoms with Gasteiger partial charge in [0.25, 0.3) is 0 Å². The molecule has 5 nitrogen and oxygen atoms in total. The number of rotatable bonds is 5. The van der Waals surface area contributed by atoms with Gasteiger partial charge in [-0.1, -0.05) is 23.2 Å². The lowest BCUT2D eigenvalue weighted by Gasteiger charge is -2.07. The van der Waals surface area contributed by atoms with Crippen LogP contribution in [0.1, 0.15) is 13.3 Å². The minimum Gasteiger partial charge on any atom is -0.375 e. The van der Waals surface area contributed by atoms with E-state index in [-0.39, 0.29) is 27.2 Å².